The van der Waals surface area contributed by atoms with Crippen molar-refractivity contribution in [1.82, 2.24) is 20.9 Å². The highest BCUT2D eigenvalue weighted by atomic mass is 35.5. The average molecular weight is 488 g/mol. The van der Waals surface area contributed by atoms with Crippen LogP contribution in [0.15, 0.2) is 18.2 Å². The Morgan fingerprint density at radius 1 is 1.29 bits per heavy atom. The fourth-order valence-corrected chi connectivity index (χ4v) is 4.31. The van der Waals surface area contributed by atoms with E-state index in [1.165, 1.54) is 7.11 Å². The summed E-state index contributed by atoms with van der Waals surface area (Å²) in [5, 5.41) is 18.9. The molecule has 0 saturated carbocycles. The lowest BCUT2D eigenvalue weighted by molar-refractivity contribution is -0.125. The summed E-state index contributed by atoms with van der Waals surface area (Å²) in [5.74, 6) is -0.799. The first kappa shape index (κ1) is 25.4. The first-order chi connectivity index (χ1) is 16.0. The van der Waals surface area contributed by atoms with Crippen LogP contribution in [0.25, 0.3) is 10.9 Å². The highest BCUT2D eigenvalue weighted by Crippen LogP contribution is 2.29. The number of fused-ring (bicyclic) bond motifs is 1. The Kier molecular flexibility index (Phi) is 7.72. The van der Waals surface area contributed by atoms with E-state index in [9.17, 15) is 19.6 Å². The number of rotatable bonds is 8. The molecule has 9 nitrogen and oxygen atoms in total. The molecule has 1 aliphatic rings. The number of hydrogen-bond acceptors (Lipinski definition) is 5. The number of carbonyl (C=O) groups excluding carboxylic acids is 3. The van der Waals surface area contributed by atoms with Crippen molar-refractivity contribution in [2.24, 2.45) is 11.3 Å². The van der Waals surface area contributed by atoms with Gasteiger partial charge in [-0.1, -0.05) is 32.4 Å². The Bertz CT molecular complexity index is 1130. The summed E-state index contributed by atoms with van der Waals surface area (Å²) in [6, 6.07) is 5.39. The first-order valence-electron chi connectivity index (χ1n) is 11.2. The van der Waals surface area contributed by atoms with Gasteiger partial charge in [-0.2, -0.15) is 5.26 Å². The summed E-state index contributed by atoms with van der Waals surface area (Å²) in [6.45, 7) is 6.44. The minimum absolute atomic E-state index is 0.108. The van der Waals surface area contributed by atoms with Gasteiger partial charge < -0.3 is 25.7 Å². The summed E-state index contributed by atoms with van der Waals surface area (Å²) in [7, 11) is 1.53. The molecule has 1 unspecified atom stereocenters. The lowest BCUT2D eigenvalue weighted by Gasteiger charge is -2.27. The molecule has 3 rings (SSSR count). The monoisotopic (exact) mass is 487 g/mol. The lowest BCUT2D eigenvalue weighted by atomic mass is 9.87. The fraction of sp³-hybridized carbons (Fsp3) is 0.500. The number of halogens is 1. The van der Waals surface area contributed by atoms with Gasteiger partial charge in [0.25, 0.3) is 5.91 Å². The predicted molar refractivity (Wildman–Crippen MR) is 128 cm³/mol. The van der Waals surface area contributed by atoms with E-state index in [0.29, 0.717) is 41.1 Å². The molecule has 2 heterocycles. The molecule has 4 N–H and O–H groups in total. The third kappa shape index (κ3) is 6.20. The van der Waals surface area contributed by atoms with Crippen molar-refractivity contribution in [1.29, 1.82) is 5.26 Å². The van der Waals surface area contributed by atoms with Gasteiger partial charge in [0.2, 0.25) is 11.8 Å². The van der Waals surface area contributed by atoms with Crippen molar-refractivity contribution in [3.63, 3.8) is 0 Å². The van der Waals surface area contributed by atoms with Gasteiger partial charge in [-0.05, 0) is 36.8 Å². The number of aromatic nitrogens is 1. The SMILES string of the molecule is COc1cc(Cl)c2[nH]c(C(=O)NC(CC(C)(C)C)C(=O)N[C@H](C#N)C[C@@H]3CCNC3=O)cc2c1. The van der Waals surface area contributed by atoms with E-state index in [1.54, 1.807) is 18.2 Å². The smallest absolute Gasteiger partial charge is 0.268 e. The van der Waals surface area contributed by atoms with Crippen LogP contribution in [0.2, 0.25) is 5.02 Å². The normalized spacial score (nSPS) is 17.5. The van der Waals surface area contributed by atoms with Gasteiger partial charge in [-0.25, -0.2) is 0 Å². The molecule has 1 aromatic carbocycles. The van der Waals surface area contributed by atoms with Gasteiger partial charge in [0, 0.05) is 23.9 Å². The quantitative estimate of drug-likeness (QED) is 0.454. The van der Waals surface area contributed by atoms with E-state index in [1.807, 2.05) is 20.8 Å². The molecule has 1 aromatic heterocycles. The number of nitrogens with zero attached hydrogens (tertiary/aromatic N) is 1. The summed E-state index contributed by atoms with van der Waals surface area (Å²) >= 11 is 6.29. The van der Waals surface area contributed by atoms with Crippen LogP contribution >= 0.6 is 11.6 Å². The minimum Gasteiger partial charge on any atom is -0.497 e. The van der Waals surface area contributed by atoms with Crippen molar-refractivity contribution in [3.8, 4) is 11.8 Å². The maximum atomic E-state index is 13.1. The summed E-state index contributed by atoms with van der Waals surface area (Å²) in [4.78, 5) is 41.0. The number of hydrogen-bond donors (Lipinski definition) is 4. The van der Waals surface area contributed by atoms with Crippen LogP contribution in [-0.4, -0.2) is 48.4 Å². The van der Waals surface area contributed by atoms with Crippen molar-refractivity contribution in [3.05, 3.63) is 28.9 Å². The van der Waals surface area contributed by atoms with Crippen LogP contribution in [-0.2, 0) is 9.59 Å². The molecule has 0 aliphatic carbocycles. The van der Waals surface area contributed by atoms with Crippen LogP contribution in [0.3, 0.4) is 0 Å². The van der Waals surface area contributed by atoms with Gasteiger partial charge in [0.15, 0.2) is 0 Å². The van der Waals surface area contributed by atoms with Crippen molar-refractivity contribution < 1.29 is 19.1 Å². The zero-order valence-corrected chi connectivity index (χ0v) is 20.5. The number of nitriles is 1. The third-order valence-corrected chi connectivity index (χ3v) is 6.03. The number of methoxy groups -OCH3 is 1. The molecule has 10 heteroatoms. The Labute approximate surface area is 203 Å². The van der Waals surface area contributed by atoms with Crippen molar-refractivity contribution >= 4 is 40.2 Å². The van der Waals surface area contributed by atoms with E-state index < -0.39 is 23.9 Å². The molecule has 0 bridgehead atoms. The van der Waals surface area contributed by atoms with Crippen LogP contribution in [0.1, 0.15) is 50.5 Å². The molecule has 34 heavy (non-hydrogen) atoms. The van der Waals surface area contributed by atoms with Gasteiger partial charge in [0.05, 0.1) is 23.7 Å². The third-order valence-electron chi connectivity index (χ3n) is 5.73. The highest BCUT2D eigenvalue weighted by Gasteiger charge is 2.32. The molecular formula is C24H30ClN5O4. The maximum Gasteiger partial charge on any atom is 0.268 e. The van der Waals surface area contributed by atoms with E-state index in [2.05, 4.69) is 27.0 Å². The molecule has 182 valence electrons. The van der Waals surface area contributed by atoms with Crippen molar-refractivity contribution in [2.75, 3.05) is 13.7 Å². The second-order valence-electron chi connectivity index (χ2n) is 9.75. The molecule has 0 radical (unpaired) electrons. The fourth-order valence-electron chi connectivity index (χ4n) is 4.04. The Balaban J connectivity index is 1.76. The van der Waals surface area contributed by atoms with E-state index in [4.69, 9.17) is 16.3 Å². The molecule has 0 spiro atoms. The topological polar surface area (TPSA) is 136 Å². The number of H-pyrrole nitrogens is 1. The molecule has 2 aromatic rings. The summed E-state index contributed by atoms with van der Waals surface area (Å²) in [5.41, 5.74) is 0.556. The zero-order valence-electron chi connectivity index (χ0n) is 19.8. The van der Waals surface area contributed by atoms with Crippen molar-refractivity contribution in [2.45, 2.75) is 52.1 Å². The summed E-state index contributed by atoms with van der Waals surface area (Å²) < 4.78 is 5.22. The van der Waals surface area contributed by atoms with Crippen LogP contribution in [0.4, 0.5) is 0 Å². The number of ether oxygens (including phenoxy) is 1. The largest absolute Gasteiger partial charge is 0.497 e. The average Bonchev–Trinajstić information content (AvgIpc) is 3.38. The molecule has 1 saturated heterocycles. The molecule has 3 amide bonds. The number of aromatic amines is 1. The van der Waals surface area contributed by atoms with E-state index >= 15 is 0 Å². The zero-order chi connectivity index (χ0) is 25.0. The van der Waals surface area contributed by atoms with Gasteiger partial charge in [0.1, 0.15) is 23.5 Å². The highest BCUT2D eigenvalue weighted by molar-refractivity contribution is 6.35. The van der Waals surface area contributed by atoms with Gasteiger partial charge in [-0.3, -0.25) is 14.4 Å². The number of nitrogens with one attached hydrogen (secondary N) is 4. The minimum atomic E-state index is -0.878. The Morgan fingerprint density at radius 2 is 2.03 bits per heavy atom. The maximum absolute atomic E-state index is 13.1. The standard InChI is InChI=1S/C24H30ClN5O4/c1-24(2,3)11-19(23(33)28-15(12-26)7-13-5-6-27-21(13)31)30-22(32)18-9-14-8-16(34-4)10-17(25)20(14)29-18/h8-10,13,15,19,29H,5-7,11H2,1-4H3,(H,27,31)(H,28,33)(H,30,32)/t13-,15-,19?/m0/s1. The predicted octanol–water partition coefficient (Wildman–Crippen LogP) is 2.90. The molecule has 3 atom stereocenters. The number of carbonyl (C=O) groups is 3. The molecular weight excluding hydrogens is 458 g/mol. The van der Waals surface area contributed by atoms with E-state index in [0.717, 1.165) is 0 Å². The van der Waals surface area contributed by atoms with Gasteiger partial charge in [-0.15, -0.1) is 0 Å². The van der Waals surface area contributed by atoms with Crippen LogP contribution in [0.5, 0.6) is 5.75 Å². The van der Waals surface area contributed by atoms with E-state index in [-0.39, 0.29) is 29.4 Å². The Morgan fingerprint density at radius 3 is 2.62 bits per heavy atom. The molecule has 1 aliphatic heterocycles. The number of amides is 3. The van der Waals surface area contributed by atoms with Crippen LogP contribution < -0.4 is 20.7 Å². The second-order valence-corrected chi connectivity index (χ2v) is 10.2. The molecule has 1 fully saturated rings. The van der Waals surface area contributed by atoms with Gasteiger partial charge >= 0.3 is 0 Å². The first-order valence-corrected chi connectivity index (χ1v) is 11.5. The van der Waals surface area contributed by atoms with Crippen LogP contribution in [0, 0.1) is 22.7 Å². The summed E-state index contributed by atoms with van der Waals surface area (Å²) in [6.07, 6.45) is 1.21. The number of benzene rings is 1. The lowest BCUT2D eigenvalue weighted by Crippen LogP contribution is -2.51. The second kappa shape index (κ2) is 10.3. The Hall–Kier alpha value is -3.25.